The lowest BCUT2D eigenvalue weighted by atomic mass is 10.4. The molecule has 2 rings (SSSR count). The van der Waals surface area contributed by atoms with E-state index in [1.165, 1.54) is 0 Å². The van der Waals surface area contributed by atoms with Gasteiger partial charge in [-0.15, -0.1) is 0 Å². The topological polar surface area (TPSA) is 68.2 Å². The molecule has 2 aromatic carbocycles. The first kappa shape index (κ1) is 22.4. The smallest absolute Gasteiger partial charge is 0.395 e. The molecule has 5 nitrogen and oxygen atoms in total. The summed E-state index contributed by atoms with van der Waals surface area (Å²) in [7, 11) is -11.6. The van der Waals surface area contributed by atoms with Crippen molar-refractivity contribution in [2.75, 3.05) is 0 Å². The fraction of sp³-hybridized carbons (Fsp3) is 0.333. The molecule has 0 aromatic heterocycles. The highest BCUT2D eigenvalue weighted by Crippen LogP contribution is 2.22. The third kappa shape index (κ3) is 6.59. The number of hydrogen-bond donors (Lipinski definition) is 2. The molecule has 9 heteroatoms. The zero-order valence-electron chi connectivity index (χ0n) is 16.9. The van der Waals surface area contributed by atoms with E-state index in [1.54, 1.807) is 13.1 Å². The minimum absolute atomic E-state index is 0.776. The monoisotopic (exact) mass is 438 g/mol. The van der Waals surface area contributed by atoms with Gasteiger partial charge in [-0.05, 0) is 49.7 Å². The lowest BCUT2D eigenvalue weighted by molar-refractivity contribution is 0.283. The Balaban J connectivity index is 2.35. The summed E-state index contributed by atoms with van der Waals surface area (Å²) in [5.74, 6) is 0. The van der Waals surface area contributed by atoms with E-state index in [0.717, 1.165) is 10.4 Å². The highest BCUT2D eigenvalue weighted by molar-refractivity contribution is 6.97. The zero-order chi connectivity index (χ0) is 20.3. The summed E-state index contributed by atoms with van der Waals surface area (Å²) in [6.07, 6.45) is 0. The van der Waals surface area contributed by atoms with Crippen molar-refractivity contribution in [1.29, 1.82) is 0 Å². The van der Waals surface area contributed by atoms with Gasteiger partial charge in [-0.25, -0.2) is 0 Å². The Kier molecular flexibility index (Phi) is 6.83. The van der Waals surface area contributed by atoms with E-state index in [2.05, 4.69) is 0 Å². The van der Waals surface area contributed by atoms with Crippen LogP contribution >= 0.6 is 0 Å². The molecule has 2 aromatic rings. The molecule has 2 N–H and O–H groups in total. The normalized spacial score (nSPS) is 13.6. The maximum absolute atomic E-state index is 11.7. The van der Waals surface area contributed by atoms with Gasteiger partial charge in [-0.2, -0.15) is 0 Å². The molecular weight excluding hydrogens is 409 g/mol. The van der Waals surface area contributed by atoms with E-state index >= 15 is 0 Å². The van der Waals surface area contributed by atoms with Crippen molar-refractivity contribution >= 4 is 44.6 Å². The maximum atomic E-state index is 11.7. The first-order valence-electron chi connectivity index (χ1n) is 8.99. The van der Waals surface area contributed by atoms with Crippen LogP contribution in [-0.4, -0.2) is 43.8 Å². The minimum Gasteiger partial charge on any atom is -0.416 e. The van der Waals surface area contributed by atoms with Gasteiger partial charge in [0.1, 0.15) is 0 Å². The summed E-state index contributed by atoms with van der Waals surface area (Å²) in [6.45, 7) is 11.1. The molecule has 0 spiro atoms. The Bertz CT molecular complexity index is 693. The van der Waals surface area contributed by atoms with Crippen LogP contribution in [0, 0.1) is 0 Å². The Morgan fingerprint density at radius 2 is 0.926 bits per heavy atom. The summed E-state index contributed by atoms with van der Waals surface area (Å²) in [5, 5.41) is 1.55. The van der Waals surface area contributed by atoms with E-state index in [9.17, 15) is 9.59 Å². The lowest BCUT2D eigenvalue weighted by Gasteiger charge is -2.39. The van der Waals surface area contributed by atoms with Gasteiger partial charge in [0.2, 0.25) is 0 Å². The van der Waals surface area contributed by atoms with Crippen LogP contribution in [0.15, 0.2) is 60.7 Å². The van der Waals surface area contributed by atoms with Gasteiger partial charge in [-0.3, -0.25) is 0 Å². The van der Waals surface area contributed by atoms with Gasteiger partial charge < -0.3 is 21.9 Å². The van der Waals surface area contributed by atoms with Crippen LogP contribution in [0.1, 0.15) is 0 Å². The second kappa shape index (κ2) is 8.23. The summed E-state index contributed by atoms with van der Waals surface area (Å²) in [5.41, 5.74) is 0. The van der Waals surface area contributed by atoms with Crippen molar-refractivity contribution in [3.05, 3.63) is 60.7 Å². The number of rotatable bonds is 8. The average molecular weight is 439 g/mol. The molecule has 0 aliphatic heterocycles. The second-order valence-electron chi connectivity index (χ2n) is 7.93. The molecule has 0 fully saturated rings. The van der Waals surface area contributed by atoms with E-state index in [0.29, 0.717) is 0 Å². The van der Waals surface area contributed by atoms with Crippen LogP contribution < -0.4 is 10.4 Å². The highest BCUT2D eigenvalue weighted by Gasteiger charge is 2.48. The molecule has 0 amide bonds. The highest BCUT2D eigenvalue weighted by atomic mass is 28.5. The molecule has 0 radical (unpaired) electrons. The molecule has 0 atom stereocenters. The third-order valence-corrected chi connectivity index (χ3v) is 17.0. The molecule has 0 heterocycles. The first-order valence-corrected chi connectivity index (χ1v) is 19.3. The third-order valence-electron chi connectivity index (χ3n) is 3.71. The summed E-state index contributed by atoms with van der Waals surface area (Å²) < 4.78 is 18.7. The lowest BCUT2D eigenvalue weighted by Crippen LogP contribution is -2.67. The summed E-state index contributed by atoms with van der Waals surface area (Å²) in [4.78, 5) is 21.9. The largest absolute Gasteiger partial charge is 0.416 e. The molecule has 0 saturated carbocycles. The molecule has 0 aliphatic rings. The first-order chi connectivity index (χ1) is 12.3. The standard InChI is InChI=1S/C18H30O5Si4/c1-24(2,19)21-25(3,4)22-26(5,6)23-27(20,17-13-9-7-10-14-17)18-15-11-8-12-16-18/h7-16,19-20H,1-6H3. The number of benzene rings is 2. The van der Waals surface area contributed by atoms with E-state index in [1.807, 2.05) is 86.9 Å². The summed E-state index contributed by atoms with van der Waals surface area (Å²) >= 11 is 0. The van der Waals surface area contributed by atoms with Crippen LogP contribution in [-0.2, 0) is 12.3 Å². The van der Waals surface area contributed by atoms with Crippen LogP contribution in [0.4, 0.5) is 0 Å². The Morgan fingerprint density at radius 1 is 0.556 bits per heavy atom. The Labute approximate surface area is 166 Å². The zero-order valence-corrected chi connectivity index (χ0v) is 20.9. The van der Waals surface area contributed by atoms with E-state index in [4.69, 9.17) is 12.3 Å². The minimum atomic E-state index is -3.44. The van der Waals surface area contributed by atoms with Gasteiger partial charge in [0.05, 0.1) is 0 Å². The Hall–Kier alpha value is -0.892. The van der Waals surface area contributed by atoms with Crippen molar-refractivity contribution in [3.8, 4) is 0 Å². The van der Waals surface area contributed by atoms with Crippen molar-refractivity contribution in [2.45, 2.75) is 39.3 Å². The van der Waals surface area contributed by atoms with Crippen LogP contribution in [0.2, 0.25) is 39.3 Å². The van der Waals surface area contributed by atoms with E-state index in [-0.39, 0.29) is 0 Å². The second-order valence-corrected chi connectivity index (χ2v) is 21.3. The molecule has 0 unspecified atom stereocenters. The molecular formula is C18H30O5Si4. The van der Waals surface area contributed by atoms with Crippen molar-refractivity contribution in [3.63, 3.8) is 0 Å². The van der Waals surface area contributed by atoms with Gasteiger partial charge >= 0.3 is 34.2 Å². The fourth-order valence-corrected chi connectivity index (χ4v) is 19.2. The summed E-state index contributed by atoms with van der Waals surface area (Å²) in [6, 6.07) is 19.0. The van der Waals surface area contributed by atoms with Gasteiger partial charge in [0.25, 0.3) is 0 Å². The predicted octanol–water partition coefficient (Wildman–Crippen LogP) is 2.38. The molecule has 0 saturated heterocycles. The van der Waals surface area contributed by atoms with Crippen molar-refractivity contribution in [1.82, 2.24) is 0 Å². The van der Waals surface area contributed by atoms with Crippen molar-refractivity contribution in [2.24, 2.45) is 0 Å². The van der Waals surface area contributed by atoms with Gasteiger partial charge in [0.15, 0.2) is 0 Å². The molecule has 0 bridgehead atoms. The van der Waals surface area contributed by atoms with Gasteiger partial charge in [-0.1, -0.05) is 60.7 Å². The van der Waals surface area contributed by atoms with Gasteiger partial charge in [0, 0.05) is 0 Å². The van der Waals surface area contributed by atoms with Crippen LogP contribution in [0.3, 0.4) is 0 Å². The molecule has 0 aliphatic carbocycles. The van der Waals surface area contributed by atoms with Crippen LogP contribution in [0.25, 0.3) is 0 Å². The quantitative estimate of drug-likeness (QED) is 0.619. The predicted molar refractivity (Wildman–Crippen MR) is 118 cm³/mol. The molecule has 27 heavy (non-hydrogen) atoms. The average Bonchev–Trinajstić information content (AvgIpc) is 2.52. The maximum Gasteiger partial charge on any atom is 0.395 e. The molecule has 148 valence electrons. The fourth-order valence-electron chi connectivity index (χ4n) is 3.20. The number of hydrogen-bond acceptors (Lipinski definition) is 5. The van der Waals surface area contributed by atoms with Crippen LogP contribution in [0.5, 0.6) is 0 Å². The van der Waals surface area contributed by atoms with E-state index < -0.39 is 34.2 Å². The van der Waals surface area contributed by atoms with Crippen molar-refractivity contribution < 1.29 is 21.9 Å². The Morgan fingerprint density at radius 3 is 1.30 bits per heavy atom. The SMILES string of the molecule is C[Si](C)(O)O[Si](C)(C)O[Si](C)(C)O[Si](O)(c1ccccc1)c1ccccc1.